The molecule has 2 unspecified atom stereocenters. The summed E-state index contributed by atoms with van der Waals surface area (Å²) >= 11 is 12.2. The molecule has 0 aromatic heterocycles. The molecule has 4 aromatic rings. The summed E-state index contributed by atoms with van der Waals surface area (Å²) in [5, 5.41) is 13.8. The summed E-state index contributed by atoms with van der Waals surface area (Å²) < 4.78 is 100.0. The Kier molecular flexibility index (Phi) is 9.18. The summed E-state index contributed by atoms with van der Waals surface area (Å²) in [6, 6.07) is 15.2. The molecule has 0 fully saturated rings. The second kappa shape index (κ2) is 12.3. The van der Waals surface area contributed by atoms with Crippen LogP contribution in [0, 0.1) is 5.82 Å². The number of alkyl halides is 6. The highest BCUT2D eigenvalue weighted by atomic mass is 35.5. The number of benzene rings is 4. The third-order valence-corrected chi connectivity index (χ3v) is 6.91. The molecular formula is C29H20Cl2F7NO2. The number of aliphatic hydroxyl groups excluding tert-OH is 1. The summed E-state index contributed by atoms with van der Waals surface area (Å²) in [6.45, 7) is -0.350. The maximum Gasteiger partial charge on any atom is 0.416 e. The Balaban J connectivity index is 1.68. The lowest BCUT2D eigenvalue weighted by molar-refractivity contribution is -0.138. The van der Waals surface area contributed by atoms with Crippen LogP contribution < -0.4 is 10.1 Å². The Morgan fingerprint density at radius 2 is 1.39 bits per heavy atom. The molecule has 0 aliphatic heterocycles. The maximum atomic E-state index is 15.0. The summed E-state index contributed by atoms with van der Waals surface area (Å²) in [6.07, 6.45) is -10.7. The summed E-state index contributed by atoms with van der Waals surface area (Å²) in [7, 11) is 0. The Labute approximate surface area is 240 Å². The van der Waals surface area contributed by atoms with Crippen LogP contribution in [0.1, 0.15) is 40.0 Å². The minimum absolute atomic E-state index is 0.112. The number of rotatable bonds is 8. The predicted octanol–water partition coefficient (Wildman–Crippen LogP) is 9.37. The van der Waals surface area contributed by atoms with E-state index in [9.17, 15) is 31.4 Å². The fourth-order valence-corrected chi connectivity index (χ4v) is 4.37. The minimum atomic E-state index is -4.76. The molecule has 12 heteroatoms. The average Bonchev–Trinajstić information content (AvgIpc) is 2.91. The zero-order valence-corrected chi connectivity index (χ0v) is 22.2. The van der Waals surface area contributed by atoms with Gasteiger partial charge in [-0.2, -0.15) is 26.3 Å². The molecule has 216 valence electrons. The monoisotopic (exact) mass is 617 g/mol. The van der Waals surface area contributed by atoms with Crippen molar-refractivity contribution in [3.05, 3.63) is 129 Å². The number of ether oxygens (including phenoxy) is 1. The van der Waals surface area contributed by atoms with Crippen molar-refractivity contribution in [3.8, 4) is 11.5 Å². The highest BCUT2D eigenvalue weighted by Crippen LogP contribution is 2.37. The van der Waals surface area contributed by atoms with Gasteiger partial charge >= 0.3 is 12.4 Å². The van der Waals surface area contributed by atoms with E-state index >= 15 is 4.39 Å². The molecule has 0 aliphatic rings. The third kappa shape index (κ3) is 7.51. The molecule has 3 nitrogen and oxygen atoms in total. The maximum absolute atomic E-state index is 15.0. The van der Waals surface area contributed by atoms with Crippen LogP contribution in [0.4, 0.5) is 30.7 Å². The zero-order chi connectivity index (χ0) is 29.9. The third-order valence-electron chi connectivity index (χ3n) is 6.11. The summed E-state index contributed by atoms with van der Waals surface area (Å²) in [4.78, 5) is 0. The van der Waals surface area contributed by atoms with Gasteiger partial charge in [0.1, 0.15) is 22.3 Å². The Morgan fingerprint density at radius 1 is 0.756 bits per heavy atom. The van der Waals surface area contributed by atoms with E-state index in [0.717, 1.165) is 24.3 Å². The highest BCUT2D eigenvalue weighted by molar-refractivity contribution is 6.42. The van der Waals surface area contributed by atoms with E-state index < -0.39 is 41.4 Å². The molecule has 0 spiro atoms. The average molecular weight is 618 g/mol. The molecule has 0 radical (unpaired) electrons. The van der Waals surface area contributed by atoms with Gasteiger partial charge < -0.3 is 15.2 Å². The van der Waals surface area contributed by atoms with Crippen molar-refractivity contribution in [3.63, 3.8) is 0 Å². The molecule has 41 heavy (non-hydrogen) atoms. The molecule has 4 aromatic carbocycles. The molecule has 2 N–H and O–H groups in total. The van der Waals surface area contributed by atoms with Crippen molar-refractivity contribution in [1.29, 1.82) is 0 Å². The van der Waals surface area contributed by atoms with Crippen LogP contribution in [0.15, 0.2) is 84.9 Å². The van der Waals surface area contributed by atoms with Gasteiger partial charge in [0.15, 0.2) is 0 Å². The van der Waals surface area contributed by atoms with Crippen LogP contribution in [-0.4, -0.2) is 11.7 Å². The van der Waals surface area contributed by atoms with Crippen molar-refractivity contribution in [1.82, 2.24) is 5.32 Å². The topological polar surface area (TPSA) is 41.5 Å². The van der Waals surface area contributed by atoms with Crippen LogP contribution >= 0.6 is 23.2 Å². The van der Waals surface area contributed by atoms with Crippen LogP contribution in [0.2, 0.25) is 10.0 Å². The summed E-state index contributed by atoms with van der Waals surface area (Å²) in [5.74, 6) is -0.554. The van der Waals surface area contributed by atoms with Gasteiger partial charge in [0, 0.05) is 12.1 Å². The van der Waals surface area contributed by atoms with Gasteiger partial charge in [0.2, 0.25) is 0 Å². The van der Waals surface area contributed by atoms with Crippen LogP contribution in [0.25, 0.3) is 0 Å². The van der Waals surface area contributed by atoms with E-state index in [2.05, 4.69) is 5.32 Å². The Hall–Kier alpha value is -3.31. The SMILES string of the molecule is OC(CNC(c1cccc(Oc2cccc(Cl)c2Cl)c1)c1cc(C(F)(F)F)ccc1F)c1ccc(C(F)(F)F)cc1. The number of hydrogen-bond acceptors (Lipinski definition) is 3. The fraction of sp³-hybridized carbons (Fsp3) is 0.172. The highest BCUT2D eigenvalue weighted by Gasteiger charge is 2.33. The van der Waals surface area contributed by atoms with E-state index in [1.165, 1.54) is 24.3 Å². The summed E-state index contributed by atoms with van der Waals surface area (Å²) in [5.41, 5.74) is -2.01. The number of hydrogen-bond donors (Lipinski definition) is 2. The van der Waals surface area contributed by atoms with E-state index in [1.807, 2.05) is 0 Å². The number of halogens is 9. The Morgan fingerprint density at radius 3 is 2.05 bits per heavy atom. The lowest BCUT2D eigenvalue weighted by Crippen LogP contribution is -2.28. The van der Waals surface area contributed by atoms with Crippen molar-refractivity contribution in [2.45, 2.75) is 24.5 Å². The number of nitrogens with one attached hydrogen (secondary N) is 1. The van der Waals surface area contributed by atoms with Crippen LogP contribution in [0.3, 0.4) is 0 Å². The van der Waals surface area contributed by atoms with E-state index in [4.69, 9.17) is 27.9 Å². The van der Waals surface area contributed by atoms with Crippen molar-refractivity contribution in [2.75, 3.05) is 6.54 Å². The molecule has 0 aliphatic carbocycles. The van der Waals surface area contributed by atoms with Gasteiger partial charge in [0.25, 0.3) is 0 Å². The molecule has 0 amide bonds. The Bertz CT molecular complexity index is 1510. The normalized spacial score (nSPS) is 13.6. The molecule has 2 atom stereocenters. The molecular weight excluding hydrogens is 598 g/mol. The predicted molar refractivity (Wildman–Crippen MR) is 141 cm³/mol. The fourth-order valence-electron chi connectivity index (χ4n) is 4.04. The van der Waals surface area contributed by atoms with Gasteiger partial charge in [-0.1, -0.05) is 53.5 Å². The largest absolute Gasteiger partial charge is 0.456 e. The van der Waals surface area contributed by atoms with Gasteiger partial charge in [-0.25, -0.2) is 4.39 Å². The molecule has 0 heterocycles. The van der Waals surface area contributed by atoms with Crippen LogP contribution in [-0.2, 0) is 12.4 Å². The van der Waals surface area contributed by atoms with E-state index in [1.54, 1.807) is 18.2 Å². The first-order valence-corrected chi connectivity index (χ1v) is 12.7. The quantitative estimate of drug-likeness (QED) is 0.194. The van der Waals surface area contributed by atoms with E-state index in [0.29, 0.717) is 18.2 Å². The smallest absolute Gasteiger partial charge is 0.416 e. The van der Waals surface area contributed by atoms with Crippen molar-refractivity contribution >= 4 is 23.2 Å². The number of aliphatic hydroxyl groups is 1. The first-order valence-electron chi connectivity index (χ1n) is 11.9. The minimum Gasteiger partial charge on any atom is -0.456 e. The standard InChI is InChI=1S/C29H20Cl2F7NO2/c30-22-5-2-6-25(26(22)31)41-20-4-1-3-17(13-20)27(21-14-19(29(36,37)38)11-12-23(21)32)39-15-24(40)16-7-9-18(10-8-16)28(33,34)35/h1-14,24,27,39-40H,15H2. The first kappa shape index (κ1) is 30.6. The van der Waals surface area contributed by atoms with Gasteiger partial charge in [-0.3, -0.25) is 0 Å². The van der Waals surface area contributed by atoms with Gasteiger partial charge in [-0.15, -0.1) is 0 Å². The van der Waals surface area contributed by atoms with Crippen molar-refractivity contribution in [2.24, 2.45) is 0 Å². The lowest BCUT2D eigenvalue weighted by Gasteiger charge is -2.24. The van der Waals surface area contributed by atoms with Crippen molar-refractivity contribution < 1.29 is 40.6 Å². The molecule has 0 saturated heterocycles. The zero-order valence-electron chi connectivity index (χ0n) is 20.7. The van der Waals surface area contributed by atoms with Crippen LogP contribution in [0.5, 0.6) is 11.5 Å². The lowest BCUT2D eigenvalue weighted by atomic mass is 9.95. The van der Waals surface area contributed by atoms with E-state index in [-0.39, 0.29) is 44.8 Å². The molecule has 0 saturated carbocycles. The second-order valence-electron chi connectivity index (χ2n) is 8.94. The second-order valence-corrected chi connectivity index (χ2v) is 9.72. The molecule has 4 rings (SSSR count). The van der Waals surface area contributed by atoms with Gasteiger partial charge in [0.05, 0.1) is 28.3 Å². The molecule has 0 bridgehead atoms. The van der Waals surface area contributed by atoms with Gasteiger partial charge in [-0.05, 0) is 65.7 Å². The first-order chi connectivity index (χ1) is 19.2.